The van der Waals surface area contributed by atoms with Crippen molar-refractivity contribution in [3.8, 4) is 0 Å². The van der Waals surface area contributed by atoms with Gasteiger partial charge < -0.3 is 15.8 Å². The van der Waals surface area contributed by atoms with Crippen molar-refractivity contribution < 1.29 is 23.9 Å². The number of aryl methyl sites for hydroxylation is 1. The van der Waals surface area contributed by atoms with E-state index >= 15 is 0 Å². The number of amides is 4. The Kier molecular flexibility index (Phi) is 8.63. The van der Waals surface area contributed by atoms with Gasteiger partial charge in [-0.2, -0.15) is 11.8 Å². The number of rotatable bonds is 8. The normalized spacial score (nSPS) is 12.6. The van der Waals surface area contributed by atoms with Crippen molar-refractivity contribution in [1.82, 2.24) is 10.6 Å². The van der Waals surface area contributed by atoms with Crippen LogP contribution >= 0.6 is 11.8 Å². The van der Waals surface area contributed by atoms with Gasteiger partial charge in [0.05, 0.1) is 0 Å². The maximum Gasteiger partial charge on any atom is 0.329 e. The monoisotopic (exact) mass is 381 g/mol. The van der Waals surface area contributed by atoms with Crippen molar-refractivity contribution in [1.29, 1.82) is 0 Å². The number of primary amides is 1. The summed E-state index contributed by atoms with van der Waals surface area (Å²) in [6.07, 6.45) is 0.984. The van der Waals surface area contributed by atoms with E-state index in [0.29, 0.717) is 17.7 Å². The number of urea groups is 1. The Morgan fingerprint density at radius 2 is 1.96 bits per heavy atom. The predicted molar refractivity (Wildman–Crippen MR) is 98.7 cm³/mol. The zero-order chi connectivity index (χ0) is 19.7. The Balaban J connectivity index is 2.78. The fraction of sp³-hybridized carbons (Fsp3) is 0.412. The largest absolute Gasteiger partial charge is 0.451 e. The molecule has 142 valence electrons. The van der Waals surface area contributed by atoms with Crippen LogP contribution in [-0.4, -0.2) is 48.0 Å². The van der Waals surface area contributed by atoms with Gasteiger partial charge in [-0.15, -0.1) is 0 Å². The van der Waals surface area contributed by atoms with Crippen molar-refractivity contribution in [3.05, 3.63) is 35.4 Å². The summed E-state index contributed by atoms with van der Waals surface area (Å²) in [5, 5.41) is 4.46. The topological polar surface area (TPSA) is 128 Å². The number of benzene rings is 1. The standard InChI is InChI=1S/C17H23N3O5S/c1-10-5-4-6-12(9-10)15(22)19-13(7-8-26-3)16(23)25-11(2)14(21)20-17(18)24/h4-6,9,11,13H,7-8H2,1-3H3,(H,19,22)(H3,18,20,21,24). The molecule has 0 fully saturated rings. The minimum Gasteiger partial charge on any atom is -0.451 e. The second-order valence-electron chi connectivity index (χ2n) is 5.61. The van der Waals surface area contributed by atoms with Crippen LogP contribution in [-0.2, 0) is 14.3 Å². The summed E-state index contributed by atoms with van der Waals surface area (Å²) in [4.78, 5) is 47.0. The van der Waals surface area contributed by atoms with Gasteiger partial charge in [0.2, 0.25) is 0 Å². The molecule has 9 heteroatoms. The van der Waals surface area contributed by atoms with Crippen LogP contribution in [0, 0.1) is 6.92 Å². The van der Waals surface area contributed by atoms with E-state index in [9.17, 15) is 19.2 Å². The molecule has 0 spiro atoms. The van der Waals surface area contributed by atoms with Crippen LogP contribution in [0.25, 0.3) is 0 Å². The lowest BCUT2D eigenvalue weighted by Gasteiger charge is -2.20. The molecular weight excluding hydrogens is 358 g/mol. The number of hydrogen-bond donors (Lipinski definition) is 3. The second kappa shape index (κ2) is 10.4. The van der Waals surface area contributed by atoms with Gasteiger partial charge in [-0.1, -0.05) is 17.7 Å². The zero-order valence-electron chi connectivity index (χ0n) is 14.9. The molecule has 0 aliphatic rings. The SMILES string of the molecule is CSCCC(NC(=O)c1cccc(C)c1)C(=O)OC(C)C(=O)NC(N)=O. The van der Waals surface area contributed by atoms with Crippen LogP contribution in [0.4, 0.5) is 4.79 Å². The number of carbonyl (C=O) groups is 4. The zero-order valence-corrected chi connectivity index (χ0v) is 15.7. The first-order valence-corrected chi connectivity index (χ1v) is 9.31. The quantitative estimate of drug-likeness (QED) is 0.576. The van der Waals surface area contributed by atoms with Gasteiger partial charge in [0.25, 0.3) is 11.8 Å². The van der Waals surface area contributed by atoms with E-state index in [-0.39, 0.29) is 0 Å². The van der Waals surface area contributed by atoms with Crippen LogP contribution in [0.1, 0.15) is 29.3 Å². The first kappa shape index (κ1) is 21.5. The molecule has 0 aromatic heterocycles. The number of esters is 1. The molecule has 1 aromatic carbocycles. The molecule has 0 aliphatic heterocycles. The average molecular weight is 381 g/mol. The number of thioether (sulfide) groups is 1. The fourth-order valence-corrected chi connectivity index (χ4v) is 2.52. The maximum absolute atomic E-state index is 12.4. The summed E-state index contributed by atoms with van der Waals surface area (Å²) in [5.74, 6) is -1.40. The molecule has 2 unspecified atom stereocenters. The van der Waals surface area contributed by atoms with Gasteiger partial charge in [-0.05, 0) is 44.4 Å². The third-order valence-electron chi connectivity index (χ3n) is 3.39. The van der Waals surface area contributed by atoms with E-state index in [1.54, 1.807) is 18.2 Å². The minimum atomic E-state index is -1.22. The Morgan fingerprint density at radius 3 is 2.54 bits per heavy atom. The van der Waals surface area contributed by atoms with Crippen LogP contribution in [0.15, 0.2) is 24.3 Å². The van der Waals surface area contributed by atoms with Crippen molar-refractivity contribution >= 4 is 35.6 Å². The summed E-state index contributed by atoms with van der Waals surface area (Å²) in [6, 6.07) is 4.99. The molecule has 2 atom stereocenters. The van der Waals surface area contributed by atoms with Gasteiger partial charge in [0.15, 0.2) is 6.10 Å². The molecule has 0 aliphatic carbocycles. The molecule has 26 heavy (non-hydrogen) atoms. The number of nitrogens with two attached hydrogens (primary N) is 1. The van der Waals surface area contributed by atoms with Crippen LogP contribution in [0.2, 0.25) is 0 Å². The summed E-state index contributed by atoms with van der Waals surface area (Å²) >= 11 is 1.51. The van der Waals surface area contributed by atoms with Gasteiger partial charge in [-0.25, -0.2) is 9.59 Å². The fourth-order valence-electron chi connectivity index (χ4n) is 2.05. The summed E-state index contributed by atoms with van der Waals surface area (Å²) in [7, 11) is 0. The van der Waals surface area contributed by atoms with E-state index in [1.807, 2.05) is 24.6 Å². The summed E-state index contributed by atoms with van der Waals surface area (Å²) < 4.78 is 5.05. The van der Waals surface area contributed by atoms with Gasteiger partial charge in [0.1, 0.15) is 6.04 Å². The first-order chi connectivity index (χ1) is 12.2. The third-order valence-corrected chi connectivity index (χ3v) is 4.03. The highest BCUT2D eigenvalue weighted by Gasteiger charge is 2.27. The number of imide groups is 1. The lowest BCUT2D eigenvalue weighted by atomic mass is 10.1. The Labute approximate surface area is 156 Å². The summed E-state index contributed by atoms with van der Waals surface area (Å²) in [6.45, 7) is 3.17. The molecule has 8 nitrogen and oxygen atoms in total. The number of nitrogens with one attached hydrogen (secondary N) is 2. The van der Waals surface area contributed by atoms with E-state index in [0.717, 1.165) is 5.56 Å². The smallest absolute Gasteiger partial charge is 0.329 e. The van der Waals surface area contributed by atoms with E-state index in [4.69, 9.17) is 10.5 Å². The van der Waals surface area contributed by atoms with Crippen LogP contribution in [0.5, 0.6) is 0 Å². The molecule has 1 rings (SSSR count). The molecule has 4 amide bonds. The lowest BCUT2D eigenvalue weighted by molar-refractivity contribution is -0.156. The van der Waals surface area contributed by atoms with E-state index in [2.05, 4.69) is 5.32 Å². The maximum atomic E-state index is 12.4. The molecule has 0 bridgehead atoms. The highest BCUT2D eigenvalue weighted by atomic mass is 32.2. The van der Waals surface area contributed by atoms with Crippen molar-refractivity contribution in [2.75, 3.05) is 12.0 Å². The molecule has 4 N–H and O–H groups in total. The number of ether oxygens (including phenoxy) is 1. The predicted octanol–water partition coefficient (Wildman–Crippen LogP) is 0.973. The first-order valence-electron chi connectivity index (χ1n) is 7.91. The Morgan fingerprint density at radius 1 is 1.27 bits per heavy atom. The number of hydrogen-bond acceptors (Lipinski definition) is 6. The van der Waals surface area contributed by atoms with Crippen molar-refractivity contribution in [3.63, 3.8) is 0 Å². The van der Waals surface area contributed by atoms with Gasteiger partial charge in [0, 0.05) is 5.56 Å². The van der Waals surface area contributed by atoms with Crippen LogP contribution in [0.3, 0.4) is 0 Å². The molecule has 0 saturated carbocycles. The molecule has 0 saturated heterocycles. The Bertz CT molecular complexity index is 680. The third kappa shape index (κ3) is 7.14. The summed E-state index contributed by atoms with van der Waals surface area (Å²) in [5.41, 5.74) is 6.20. The van der Waals surface area contributed by atoms with Crippen molar-refractivity contribution in [2.24, 2.45) is 5.73 Å². The lowest BCUT2D eigenvalue weighted by Crippen LogP contribution is -2.47. The van der Waals surface area contributed by atoms with E-state index in [1.165, 1.54) is 18.7 Å². The Hall–Kier alpha value is -2.55. The van der Waals surface area contributed by atoms with Crippen LogP contribution < -0.4 is 16.4 Å². The number of carbonyl (C=O) groups excluding carboxylic acids is 4. The molecule has 0 heterocycles. The molecule has 0 radical (unpaired) electrons. The van der Waals surface area contributed by atoms with Gasteiger partial charge in [-0.3, -0.25) is 14.9 Å². The highest BCUT2D eigenvalue weighted by Crippen LogP contribution is 2.08. The second-order valence-corrected chi connectivity index (χ2v) is 6.60. The van der Waals surface area contributed by atoms with E-state index < -0.39 is 36.0 Å². The minimum absolute atomic E-state index is 0.335. The average Bonchev–Trinajstić information content (AvgIpc) is 2.57. The van der Waals surface area contributed by atoms with Crippen molar-refractivity contribution in [2.45, 2.75) is 32.4 Å². The van der Waals surface area contributed by atoms with Gasteiger partial charge >= 0.3 is 12.0 Å². The molecule has 1 aromatic rings. The highest BCUT2D eigenvalue weighted by molar-refractivity contribution is 7.98. The molecular formula is C17H23N3O5S.